The maximum Gasteiger partial charge on any atom is 0.249 e. The molecule has 5 heteroatoms. The van der Waals surface area contributed by atoms with Crippen LogP contribution in [0, 0.1) is 5.82 Å². The van der Waals surface area contributed by atoms with Gasteiger partial charge in [-0.3, -0.25) is 4.79 Å². The molecule has 0 saturated carbocycles. The van der Waals surface area contributed by atoms with Crippen molar-refractivity contribution in [3.8, 4) is 5.75 Å². The molecule has 1 aromatic rings. The Morgan fingerprint density at radius 2 is 2.33 bits per heavy atom. The summed E-state index contributed by atoms with van der Waals surface area (Å²) in [5.41, 5.74) is 0. The number of carbonyl (C=O) groups is 1. The molecular weight excluding hydrogens is 237 g/mol. The van der Waals surface area contributed by atoms with Gasteiger partial charge in [0.05, 0.1) is 6.54 Å². The SMILES string of the molecule is O=C(NCCOc1ccccc1F)C1CCCO1. The van der Waals surface area contributed by atoms with E-state index in [2.05, 4.69) is 5.32 Å². The van der Waals surface area contributed by atoms with E-state index >= 15 is 0 Å². The molecule has 2 rings (SSSR count). The van der Waals surface area contributed by atoms with Gasteiger partial charge in [0.15, 0.2) is 11.6 Å². The molecule has 0 spiro atoms. The third-order valence-electron chi connectivity index (χ3n) is 2.72. The van der Waals surface area contributed by atoms with E-state index in [1.807, 2.05) is 0 Å². The largest absolute Gasteiger partial charge is 0.489 e. The first-order valence-electron chi connectivity index (χ1n) is 6.04. The first-order chi connectivity index (χ1) is 8.77. The molecule has 1 amide bonds. The Morgan fingerprint density at radius 3 is 3.06 bits per heavy atom. The number of hydrogen-bond acceptors (Lipinski definition) is 3. The second-order valence-electron chi connectivity index (χ2n) is 4.07. The lowest BCUT2D eigenvalue weighted by Crippen LogP contribution is -2.36. The maximum absolute atomic E-state index is 13.2. The molecule has 1 aromatic carbocycles. The second kappa shape index (κ2) is 6.35. The molecule has 1 saturated heterocycles. The minimum atomic E-state index is -0.400. The lowest BCUT2D eigenvalue weighted by molar-refractivity contribution is -0.130. The van der Waals surface area contributed by atoms with Crippen molar-refractivity contribution in [2.75, 3.05) is 19.8 Å². The van der Waals surface area contributed by atoms with Crippen molar-refractivity contribution < 1.29 is 18.7 Å². The maximum atomic E-state index is 13.2. The van der Waals surface area contributed by atoms with E-state index in [0.29, 0.717) is 13.2 Å². The van der Waals surface area contributed by atoms with Crippen molar-refractivity contribution in [2.45, 2.75) is 18.9 Å². The third kappa shape index (κ3) is 3.43. The van der Waals surface area contributed by atoms with Gasteiger partial charge in [-0.1, -0.05) is 12.1 Å². The lowest BCUT2D eigenvalue weighted by Gasteiger charge is -2.11. The Kier molecular flexibility index (Phi) is 4.52. The predicted octanol–water partition coefficient (Wildman–Crippen LogP) is 1.50. The number of nitrogens with one attached hydrogen (secondary N) is 1. The van der Waals surface area contributed by atoms with Gasteiger partial charge in [0, 0.05) is 6.61 Å². The predicted molar refractivity (Wildman–Crippen MR) is 63.9 cm³/mol. The van der Waals surface area contributed by atoms with Crippen LogP contribution in [-0.2, 0) is 9.53 Å². The van der Waals surface area contributed by atoms with Gasteiger partial charge >= 0.3 is 0 Å². The number of ether oxygens (including phenoxy) is 2. The van der Waals surface area contributed by atoms with Gasteiger partial charge in [-0.05, 0) is 25.0 Å². The summed E-state index contributed by atoms with van der Waals surface area (Å²) in [6.45, 7) is 1.22. The molecule has 1 atom stereocenters. The molecule has 1 aliphatic heterocycles. The second-order valence-corrected chi connectivity index (χ2v) is 4.07. The van der Waals surface area contributed by atoms with Crippen LogP contribution in [0.2, 0.25) is 0 Å². The van der Waals surface area contributed by atoms with Crippen LogP contribution in [0.1, 0.15) is 12.8 Å². The average Bonchev–Trinajstić information content (AvgIpc) is 2.90. The first kappa shape index (κ1) is 12.8. The Labute approximate surface area is 105 Å². The van der Waals surface area contributed by atoms with Crippen LogP contribution in [-0.4, -0.2) is 31.8 Å². The highest BCUT2D eigenvalue weighted by molar-refractivity contribution is 5.80. The Balaban J connectivity index is 1.67. The summed E-state index contributed by atoms with van der Waals surface area (Å²) in [4.78, 5) is 11.6. The minimum Gasteiger partial charge on any atom is -0.489 e. The van der Waals surface area contributed by atoms with E-state index in [1.54, 1.807) is 18.2 Å². The van der Waals surface area contributed by atoms with Crippen LogP contribution in [0.15, 0.2) is 24.3 Å². The van der Waals surface area contributed by atoms with Crippen LogP contribution in [0.3, 0.4) is 0 Å². The third-order valence-corrected chi connectivity index (χ3v) is 2.72. The quantitative estimate of drug-likeness (QED) is 0.809. The number of benzene rings is 1. The summed E-state index contributed by atoms with van der Waals surface area (Å²) in [6.07, 6.45) is 1.35. The smallest absolute Gasteiger partial charge is 0.249 e. The number of rotatable bonds is 5. The molecule has 1 heterocycles. The molecule has 1 fully saturated rings. The summed E-state index contributed by atoms with van der Waals surface area (Å²) in [6, 6.07) is 6.18. The van der Waals surface area contributed by atoms with E-state index in [9.17, 15) is 9.18 Å². The lowest BCUT2D eigenvalue weighted by atomic mass is 10.2. The molecule has 18 heavy (non-hydrogen) atoms. The van der Waals surface area contributed by atoms with E-state index in [4.69, 9.17) is 9.47 Å². The van der Waals surface area contributed by atoms with Gasteiger partial charge < -0.3 is 14.8 Å². The van der Waals surface area contributed by atoms with E-state index in [1.165, 1.54) is 6.07 Å². The van der Waals surface area contributed by atoms with Crippen molar-refractivity contribution in [1.29, 1.82) is 0 Å². The van der Waals surface area contributed by atoms with Gasteiger partial charge in [-0.2, -0.15) is 0 Å². The molecule has 0 aliphatic carbocycles. The molecule has 1 unspecified atom stereocenters. The Bertz CT molecular complexity index is 405. The van der Waals surface area contributed by atoms with Crippen molar-refractivity contribution in [1.82, 2.24) is 5.32 Å². The van der Waals surface area contributed by atoms with E-state index in [-0.39, 0.29) is 24.4 Å². The zero-order chi connectivity index (χ0) is 12.8. The standard InChI is InChI=1S/C13H16FNO3/c14-10-4-1-2-5-11(10)18-9-7-15-13(16)12-6-3-8-17-12/h1-2,4-5,12H,3,6-9H2,(H,15,16). The summed E-state index contributed by atoms with van der Waals surface area (Å²) in [5.74, 6) is -0.323. The van der Waals surface area contributed by atoms with E-state index < -0.39 is 5.82 Å². The van der Waals surface area contributed by atoms with Gasteiger partial charge in [-0.15, -0.1) is 0 Å². The van der Waals surface area contributed by atoms with Crippen LogP contribution in [0.25, 0.3) is 0 Å². The van der Waals surface area contributed by atoms with Gasteiger partial charge in [0.25, 0.3) is 0 Å². The summed E-state index contributed by atoms with van der Waals surface area (Å²) >= 11 is 0. The molecule has 1 N–H and O–H groups in total. The molecular formula is C13H16FNO3. The Morgan fingerprint density at radius 1 is 1.50 bits per heavy atom. The van der Waals surface area contributed by atoms with Crippen molar-refractivity contribution in [2.24, 2.45) is 0 Å². The van der Waals surface area contributed by atoms with E-state index in [0.717, 1.165) is 12.8 Å². The fourth-order valence-electron chi connectivity index (χ4n) is 1.80. The van der Waals surface area contributed by atoms with Crippen LogP contribution in [0.5, 0.6) is 5.75 Å². The highest BCUT2D eigenvalue weighted by Crippen LogP contribution is 2.15. The normalized spacial score (nSPS) is 18.6. The average molecular weight is 253 g/mol. The molecule has 0 aromatic heterocycles. The number of amides is 1. The first-order valence-corrected chi connectivity index (χ1v) is 6.04. The zero-order valence-electron chi connectivity index (χ0n) is 10.0. The summed E-state index contributed by atoms with van der Waals surface area (Å²) in [7, 11) is 0. The van der Waals surface area contributed by atoms with Gasteiger partial charge in [0.2, 0.25) is 5.91 Å². The number of halogens is 1. The molecule has 1 aliphatic rings. The molecule has 4 nitrogen and oxygen atoms in total. The number of carbonyl (C=O) groups excluding carboxylic acids is 1. The van der Waals surface area contributed by atoms with Crippen LogP contribution in [0.4, 0.5) is 4.39 Å². The Hall–Kier alpha value is -1.62. The van der Waals surface area contributed by atoms with Crippen molar-refractivity contribution in [3.05, 3.63) is 30.1 Å². The van der Waals surface area contributed by atoms with Gasteiger partial charge in [-0.25, -0.2) is 4.39 Å². The number of hydrogen-bond donors (Lipinski definition) is 1. The van der Waals surface area contributed by atoms with Crippen molar-refractivity contribution >= 4 is 5.91 Å². The minimum absolute atomic E-state index is 0.121. The fraction of sp³-hybridized carbons (Fsp3) is 0.462. The monoisotopic (exact) mass is 253 g/mol. The fourth-order valence-corrected chi connectivity index (χ4v) is 1.80. The van der Waals surface area contributed by atoms with Crippen molar-refractivity contribution in [3.63, 3.8) is 0 Å². The zero-order valence-corrected chi connectivity index (χ0v) is 10.0. The molecule has 0 bridgehead atoms. The summed E-state index contributed by atoms with van der Waals surface area (Å²) in [5, 5.41) is 2.70. The molecule has 98 valence electrons. The van der Waals surface area contributed by atoms with Crippen LogP contribution >= 0.6 is 0 Å². The topological polar surface area (TPSA) is 47.6 Å². The molecule has 0 radical (unpaired) electrons. The summed E-state index contributed by atoms with van der Waals surface area (Å²) < 4.78 is 23.6. The van der Waals surface area contributed by atoms with Crippen LogP contribution < -0.4 is 10.1 Å². The highest BCUT2D eigenvalue weighted by atomic mass is 19.1. The number of para-hydroxylation sites is 1. The highest BCUT2D eigenvalue weighted by Gasteiger charge is 2.22. The van der Waals surface area contributed by atoms with Gasteiger partial charge in [0.1, 0.15) is 12.7 Å².